The number of ether oxygens (including phenoxy) is 1. The second kappa shape index (κ2) is 8.19. The molecule has 168 valence electrons. The molecule has 1 unspecified atom stereocenters. The van der Waals surface area contributed by atoms with E-state index in [2.05, 4.69) is 26.1 Å². The molecule has 1 aliphatic heterocycles. The van der Waals surface area contributed by atoms with Crippen LogP contribution in [0.1, 0.15) is 58.2 Å². The van der Waals surface area contributed by atoms with Crippen LogP contribution in [0, 0.1) is 0 Å². The van der Waals surface area contributed by atoms with Crippen LogP contribution in [0.15, 0.2) is 48.5 Å². The standard InChI is InChI=1S/C24H32N2O4S/c1-23(2,3)17-11-13-18(14-12-17)26(31(6,28)29)16-22(27)25-20-15-24(4,5)30-21-10-8-7-9-19(20)21/h7-14,20H,15-16H2,1-6H3,(H,25,27). The van der Waals surface area contributed by atoms with Gasteiger partial charge in [-0.1, -0.05) is 51.1 Å². The van der Waals surface area contributed by atoms with Gasteiger partial charge in [-0.15, -0.1) is 0 Å². The molecule has 0 aliphatic carbocycles. The van der Waals surface area contributed by atoms with Crippen molar-refractivity contribution in [3.05, 3.63) is 59.7 Å². The molecule has 0 saturated carbocycles. The van der Waals surface area contributed by atoms with E-state index in [0.717, 1.165) is 27.4 Å². The van der Waals surface area contributed by atoms with E-state index in [0.29, 0.717) is 12.1 Å². The molecular formula is C24H32N2O4S. The first-order valence-corrected chi connectivity index (χ1v) is 12.3. The summed E-state index contributed by atoms with van der Waals surface area (Å²) in [6.45, 7) is 9.95. The third-order valence-electron chi connectivity index (χ3n) is 5.42. The van der Waals surface area contributed by atoms with Gasteiger partial charge in [-0.2, -0.15) is 0 Å². The van der Waals surface area contributed by atoms with Gasteiger partial charge in [0.25, 0.3) is 0 Å². The third kappa shape index (κ3) is 5.58. The molecule has 0 fully saturated rings. The van der Waals surface area contributed by atoms with Gasteiger partial charge in [0.1, 0.15) is 17.9 Å². The largest absolute Gasteiger partial charge is 0.487 e. The Morgan fingerprint density at radius 2 is 1.74 bits per heavy atom. The van der Waals surface area contributed by atoms with E-state index < -0.39 is 15.6 Å². The molecule has 31 heavy (non-hydrogen) atoms. The van der Waals surface area contributed by atoms with Crippen LogP contribution in [0.2, 0.25) is 0 Å². The number of benzene rings is 2. The molecule has 1 aliphatic rings. The second-order valence-corrected chi connectivity index (χ2v) is 11.7. The lowest BCUT2D eigenvalue weighted by molar-refractivity contribution is -0.120. The summed E-state index contributed by atoms with van der Waals surface area (Å²) in [6, 6.07) is 14.7. The van der Waals surface area contributed by atoms with Gasteiger partial charge in [0.2, 0.25) is 15.9 Å². The summed E-state index contributed by atoms with van der Waals surface area (Å²) >= 11 is 0. The van der Waals surface area contributed by atoms with Crippen molar-refractivity contribution >= 4 is 21.6 Å². The molecule has 3 rings (SSSR count). The lowest BCUT2D eigenvalue weighted by Crippen LogP contribution is -2.45. The van der Waals surface area contributed by atoms with Crippen LogP contribution >= 0.6 is 0 Å². The van der Waals surface area contributed by atoms with Crippen molar-refractivity contribution in [2.45, 2.75) is 58.1 Å². The molecule has 2 aromatic carbocycles. The highest BCUT2D eigenvalue weighted by atomic mass is 32.2. The van der Waals surface area contributed by atoms with Crippen molar-refractivity contribution in [3.8, 4) is 5.75 Å². The molecule has 1 atom stereocenters. The zero-order valence-corrected chi connectivity index (χ0v) is 19.9. The summed E-state index contributed by atoms with van der Waals surface area (Å²) in [5.74, 6) is 0.379. The number of amides is 1. The molecule has 2 aromatic rings. The summed E-state index contributed by atoms with van der Waals surface area (Å²) in [6.07, 6.45) is 1.71. The van der Waals surface area contributed by atoms with Crippen LogP contribution in [0.25, 0.3) is 0 Å². The molecule has 7 heteroatoms. The van der Waals surface area contributed by atoms with Crippen LogP contribution in [0.5, 0.6) is 5.75 Å². The van der Waals surface area contributed by atoms with Crippen molar-refractivity contribution in [1.82, 2.24) is 5.32 Å². The Morgan fingerprint density at radius 3 is 2.32 bits per heavy atom. The Balaban J connectivity index is 1.81. The number of rotatable bonds is 5. The van der Waals surface area contributed by atoms with E-state index >= 15 is 0 Å². The molecule has 0 saturated heterocycles. The number of nitrogens with zero attached hydrogens (tertiary/aromatic N) is 1. The lowest BCUT2D eigenvalue weighted by Gasteiger charge is -2.38. The minimum atomic E-state index is -3.64. The SMILES string of the molecule is CC1(C)CC(NC(=O)CN(c2ccc(C(C)(C)C)cc2)S(C)(=O)=O)c2ccccc2O1. The molecular weight excluding hydrogens is 412 g/mol. The van der Waals surface area contributed by atoms with Gasteiger partial charge in [-0.05, 0) is 43.0 Å². The van der Waals surface area contributed by atoms with E-state index in [1.807, 2.05) is 50.2 Å². The predicted octanol–water partition coefficient (Wildman–Crippen LogP) is 4.17. The molecule has 1 N–H and O–H groups in total. The number of carbonyl (C=O) groups is 1. The number of hydrogen-bond donors (Lipinski definition) is 1. The first-order chi connectivity index (χ1) is 14.3. The van der Waals surface area contributed by atoms with Crippen LogP contribution in [-0.4, -0.2) is 32.7 Å². The minimum Gasteiger partial charge on any atom is -0.487 e. The van der Waals surface area contributed by atoms with E-state index in [9.17, 15) is 13.2 Å². The molecule has 6 nitrogen and oxygen atoms in total. The fraction of sp³-hybridized carbons (Fsp3) is 0.458. The summed E-state index contributed by atoms with van der Waals surface area (Å²) < 4.78 is 32.1. The van der Waals surface area contributed by atoms with E-state index in [4.69, 9.17) is 4.74 Å². The summed E-state index contributed by atoms with van der Waals surface area (Å²) in [4.78, 5) is 12.9. The highest BCUT2D eigenvalue weighted by Crippen LogP contribution is 2.39. The van der Waals surface area contributed by atoms with Crippen LogP contribution in [0.4, 0.5) is 5.69 Å². The molecule has 1 amide bonds. The summed E-state index contributed by atoms with van der Waals surface area (Å²) in [5.41, 5.74) is 1.98. The maximum atomic E-state index is 12.9. The predicted molar refractivity (Wildman–Crippen MR) is 124 cm³/mol. The third-order valence-corrected chi connectivity index (χ3v) is 6.56. The highest BCUT2D eigenvalue weighted by molar-refractivity contribution is 7.92. The Hall–Kier alpha value is -2.54. The maximum absolute atomic E-state index is 12.9. The summed E-state index contributed by atoms with van der Waals surface area (Å²) in [7, 11) is -3.64. The number of fused-ring (bicyclic) bond motifs is 1. The van der Waals surface area contributed by atoms with Gasteiger partial charge in [0, 0.05) is 12.0 Å². The Bertz CT molecular complexity index is 1050. The average molecular weight is 445 g/mol. The minimum absolute atomic E-state index is 0.0466. The quantitative estimate of drug-likeness (QED) is 0.751. The first-order valence-electron chi connectivity index (χ1n) is 10.4. The second-order valence-electron chi connectivity index (χ2n) is 9.79. The number of hydrogen-bond acceptors (Lipinski definition) is 4. The summed E-state index contributed by atoms with van der Waals surface area (Å²) in [5, 5.41) is 3.01. The van der Waals surface area contributed by atoms with Gasteiger partial charge in [0.15, 0.2) is 0 Å². The van der Waals surface area contributed by atoms with Crippen molar-refractivity contribution in [3.63, 3.8) is 0 Å². The topological polar surface area (TPSA) is 75.7 Å². The van der Waals surface area contributed by atoms with Gasteiger partial charge in [-0.3, -0.25) is 9.10 Å². The van der Waals surface area contributed by atoms with Crippen molar-refractivity contribution < 1.29 is 17.9 Å². The van der Waals surface area contributed by atoms with E-state index in [-0.39, 0.29) is 23.9 Å². The smallest absolute Gasteiger partial charge is 0.241 e. The van der Waals surface area contributed by atoms with Crippen molar-refractivity contribution in [1.29, 1.82) is 0 Å². The van der Waals surface area contributed by atoms with Crippen LogP contribution in [0.3, 0.4) is 0 Å². The molecule has 0 aromatic heterocycles. The van der Waals surface area contributed by atoms with Gasteiger partial charge >= 0.3 is 0 Å². The van der Waals surface area contributed by atoms with E-state index in [1.165, 1.54) is 0 Å². The molecule has 1 heterocycles. The van der Waals surface area contributed by atoms with Crippen LogP contribution < -0.4 is 14.4 Å². The normalized spacial score (nSPS) is 17.9. The maximum Gasteiger partial charge on any atom is 0.241 e. The molecule has 0 spiro atoms. The number of sulfonamides is 1. The van der Waals surface area contributed by atoms with Crippen molar-refractivity contribution in [2.24, 2.45) is 0 Å². The average Bonchev–Trinajstić information content (AvgIpc) is 2.64. The van der Waals surface area contributed by atoms with Gasteiger partial charge < -0.3 is 10.1 Å². The number of carbonyl (C=O) groups excluding carboxylic acids is 1. The van der Waals surface area contributed by atoms with Gasteiger partial charge in [-0.25, -0.2) is 8.42 Å². The Labute approximate surface area is 185 Å². The number of para-hydroxylation sites is 1. The molecule has 0 bridgehead atoms. The lowest BCUT2D eigenvalue weighted by atomic mass is 9.87. The molecule has 0 radical (unpaired) electrons. The Morgan fingerprint density at radius 1 is 1.13 bits per heavy atom. The number of nitrogens with one attached hydrogen (secondary N) is 1. The zero-order valence-electron chi connectivity index (χ0n) is 19.1. The van der Waals surface area contributed by atoms with Crippen LogP contribution in [-0.2, 0) is 20.2 Å². The van der Waals surface area contributed by atoms with E-state index in [1.54, 1.807) is 12.1 Å². The zero-order chi connectivity index (χ0) is 23.0. The first kappa shape index (κ1) is 23.1. The van der Waals surface area contributed by atoms with Gasteiger partial charge in [0.05, 0.1) is 18.0 Å². The fourth-order valence-corrected chi connectivity index (χ4v) is 4.69. The monoisotopic (exact) mass is 444 g/mol. The number of anilines is 1. The highest BCUT2D eigenvalue weighted by Gasteiger charge is 2.35. The van der Waals surface area contributed by atoms with Crippen molar-refractivity contribution in [2.75, 3.05) is 17.1 Å². The fourth-order valence-electron chi connectivity index (χ4n) is 3.83. The Kier molecular flexibility index (Phi) is 6.11.